The first kappa shape index (κ1) is 18.3. The van der Waals surface area contributed by atoms with E-state index in [-0.39, 0.29) is 0 Å². The van der Waals surface area contributed by atoms with Gasteiger partial charge in [-0.05, 0) is 33.3 Å². The Kier molecular flexibility index (Phi) is 31.7. The Hall–Kier alpha value is -0.550. The van der Waals surface area contributed by atoms with Crippen LogP contribution in [0.5, 0.6) is 0 Å². The third kappa shape index (κ3) is 18.4. The van der Waals surface area contributed by atoms with Crippen molar-refractivity contribution in [3.8, 4) is 0 Å². The summed E-state index contributed by atoms with van der Waals surface area (Å²) in [6, 6.07) is 9.79. The number of benzene rings is 1. The highest BCUT2D eigenvalue weighted by Crippen LogP contribution is 2.00. The van der Waals surface area contributed by atoms with E-state index in [0.29, 0.717) is 0 Å². The maximum atomic E-state index is 4.50. The van der Waals surface area contributed by atoms with E-state index in [0.717, 1.165) is 4.90 Å². The summed E-state index contributed by atoms with van der Waals surface area (Å²) in [5.74, 6) is 0. The summed E-state index contributed by atoms with van der Waals surface area (Å²) in [7, 11) is 4.50. The Labute approximate surface area is 86.7 Å². The highest BCUT2D eigenvalue weighted by atomic mass is 32.1. The average molecular weight is 203 g/mol. The molecule has 1 aromatic carbocycles. The molecule has 6 N–H and O–H groups in total. The molecule has 0 bridgehead atoms. The van der Waals surface area contributed by atoms with Crippen molar-refractivity contribution in [3.63, 3.8) is 0 Å². The summed E-state index contributed by atoms with van der Waals surface area (Å²) in [4.78, 5) is 1.02. The van der Waals surface area contributed by atoms with Crippen molar-refractivity contribution in [2.75, 3.05) is 21.1 Å². The Bertz CT molecular complexity index is 145. The molecule has 13 heavy (non-hydrogen) atoms. The molecular formula is C9H21N3S. The first-order valence-electron chi connectivity index (χ1n) is 3.87. The van der Waals surface area contributed by atoms with E-state index in [9.17, 15) is 0 Å². The normalized spacial score (nSPS) is 6.08. The Morgan fingerprint density at radius 2 is 1.08 bits per heavy atom. The van der Waals surface area contributed by atoms with Crippen molar-refractivity contribution in [3.05, 3.63) is 30.3 Å². The smallest absolute Gasteiger partial charge is 0.00399 e. The summed E-state index contributed by atoms with van der Waals surface area (Å²) in [6.07, 6.45) is 0. The van der Waals surface area contributed by atoms with E-state index in [1.807, 2.05) is 30.3 Å². The Balaban J connectivity index is -0.000000144. The monoisotopic (exact) mass is 203 g/mol. The fraction of sp³-hybridized carbons (Fsp3) is 0.333. The predicted molar refractivity (Wildman–Crippen MR) is 64.0 cm³/mol. The van der Waals surface area contributed by atoms with Gasteiger partial charge in [0.2, 0.25) is 0 Å². The van der Waals surface area contributed by atoms with Crippen LogP contribution in [0, 0.1) is 0 Å². The van der Waals surface area contributed by atoms with Crippen molar-refractivity contribution in [2.45, 2.75) is 4.90 Å². The van der Waals surface area contributed by atoms with Crippen LogP contribution in [0.2, 0.25) is 0 Å². The molecule has 0 aliphatic carbocycles. The molecular weight excluding hydrogens is 182 g/mol. The number of hydrogen-bond acceptors (Lipinski definition) is 4. The molecule has 0 aliphatic heterocycles. The first-order chi connectivity index (χ1) is 6.39. The fourth-order valence-electron chi connectivity index (χ4n) is 0.428. The molecule has 0 saturated heterocycles. The molecule has 0 saturated carbocycles. The molecule has 1 aromatic rings. The zero-order valence-corrected chi connectivity index (χ0v) is 9.46. The van der Waals surface area contributed by atoms with Gasteiger partial charge in [0.05, 0.1) is 0 Å². The highest BCUT2D eigenvalue weighted by Gasteiger charge is 1.73. The second-order valence-electron chi connectivity index (χ2n) is 1.34. The summed E-state index contributed by atoms with van der Waals surface area (Å²) < 4.78 is 0. The number of nitrogens with two attached hydrogens (primary N) is 3. The quantitative estimate of drug-likeness (QED) is 0.469. The van der Waals surface area contributed by atoms with Gasteiger partial charge >= 0.3 is 0 Å². The Morgan fingerprint density at radius 3 is 1.23 bits per heavy atom. The van der Waals surface area contributed by atoms with E-state index in [1.54, 1.807) is 0 Å². The van der Waals surface area contributed by atoms with Crippen LogP contribution in [0.4, 0.5) is 0 Å². The summed E-state index contributed by atoms with van der Waals surface area (Å²) in [5, 5.41) is 0. The van der Waals surface area contributed by atoms with Crippen molar-refractivity contribution in [2.24, 2.45) is 17.2 Å². The molecule has 0 unspecified atom stereocenters. The molecule has 0 spiro atoms. The summed E-state index contributed by atoms with van der Waals surface area (Å²) in [6.45, 7) is 0. The number of hydrogen-bond donors (Lipinski definition) is 4. The minimum Gasteiger partial charge on any atom is -0.333 e. The highest BCUT2D eigenvalue weighted by molar-refractivity contribution is 7.80. The van der Waals surface area contributed by atoms with E-state index in [1.165, 1.54) is 21.1 Å². The maximum absolute atomic E-state index is 4.50. The van der Waals surface area contributed by atoms with Crippen LogP contribution >= 0.6 is 12.6 Å². The maximum Gasteiger partial charge on any atom is 0.00399 e. The van der Waals surface area contributed by atoms with E-state index < -0.39 is 0 Å². The van der Waals surface area contributed by atoms with Gasteiger partial charge in [-0.2, -0.15) is 0 Å². The van der Waals surface area contributed by atoms with E-state index >= 15 is 0 Å². The molecule has 0 heterocycles. The van der Waals surface area contributed by atoms with Gasteiger partial charge in [0, 0.05) is 4.90 Å². The lowest BCUT2D eigenvalue weighted by Crippen LogP contribution is -1.69. The molecule has 0 atom stereocenters. The van der Waals surface area contributed by atoms with Gasteiger partial charge in [-0.3, -0.25) is 0 Å². The van der Waals surface area contributed by atoms with Crippen LogP contribution in [0.25, 0.3) is 0 Å². The van der Waals surface area contributed by atoms with Crippen molar-refractivity contribution >= 4 is 12.6 Å². The van der Waals surface area contributed by atoms with Crippen LogP contribution in [-0.4, -0.2) is 21.1 Å². The van der Waals surface area contributed by atoms with Crippen molar-refractivity contribution in [1.82, 2.24) is 0 Å². The largest absolute Gasteiger partial charge is 0.333 e. The average Bonchev–Trinajstić information content (AvgIpc) is 2.28. The lowest BCUT2D eigenvalue weighted by molar-refractivity contribution is 1.48. The molecule has 4 heteroatoms. The molecule has 78 valence electrons. The fourth-order valence-corrected chi connectivity index (χ4v) is 0.600. The third-order valence-corrected chi connectivity index (χ3v) is 1.05. The van der Waals surface area contributed by atoms with Crippen LogP contribution in [-0.2, 0) is 0 Å². The second-order valence-corrected chi connectivity index (χ2v) is 1.85. The summed E-state index contributed by atoms with van der Waals surface area (Å²) in [5.41, 5.74) is 13.5. The van der Waals surface area contributed by atoms with E-state index in [4.69, 9.17) is 0 Å². The van der Waals surface area contributed by atoms with Gasteiger partial charge in [-0.25, -0.2) is 0 Å². The van der Waals surface area contributed by atoms with Crippen LogP contribution in [0.15, 0.2) is 35.2 Å². The van der Waals surface area contributed by atoms with Crippen molar-refractivity contribution in [1.29, 1.82) is 0 Å². The molecule has 0 fully saturated rings. The minimum absolute atomic E-state index is 1.02. The van der Waals surface area contributed by atoms with Gasteiger partial charge in [-0.15, -0.1) is 12.6 Å². The lowest BCUT2D eigenvalue weighted by Gasteiger charge is -1.81. The Morgan fingerprint density at radius 1 is 0.769 bits per heavy atom. The molecule has 0 aliphatic rings. The predicted octanol–water partition coefficient (Wildman–Crippen LogP) is 0.700. The summed E-state index contributed by atoms with van der Waals surface area (Å²) >= 11 is 4.08. The second kappa shape index (κ2) is 22.5. The zero-order valence-electron chi connectivity index (χ0n) is 8.57. The van der Waals surface area contributed by atoms with Crippen LogP contribution in [0.1, 0.15) is 0 Å². The number of rotatable bonds is 0. The van der Waals surface area contributed by atoms with E-state index in [2.05, 4.69) is 29.8 Å². The minimum atomic E-state index is 1.02. The number of thiol groups is 1. The SMILES string of the molecule is CN.CN.CN.Sc1ccccc1. The molecule has 3 nitrogen and oxygen atoms in total. The molecule has 0 radical (unpaired) electrons. The zero-order chi connectivity index (χ0) is 11.1. The van der Waals surface area contributed by atoms with Gasteiger partial charge < -0.3 is 17.2 Å². The van der Waals surface area contributed by atoms with Gasteiger partial charge in [0.15, 0.2) is 0 Å². The topological polar surface area (TPSA) is 78.1 Å². The standard InChI is InChI=1S/C6H6S.3CH5N/c7-6-4-2-1-3-5-6;3*1-2/h1-5,7H;3*2H2,1H3. The van der Waals surface area contributed by atoms with Gasteiger partial charge in [0.25, 0.3) is 0 Å². The van der Waals surface area contributed by atoms with Crippen LogP contribution < -0.4 is 17.2 Å². The molecule has 0 amide bonds. The lowest BCUT2D eigenvalue weighted by atomic mass is 10.4. The molecule has 0 aromatic heterocycles. The van der Waals surface area contributed by atoms with Gasteiger partial charge in [0.1, 0.15) is 0 Å². The first-order valence-corrected chi connectivity index (χ1v) is 4.31. The van der Waals surface area contributed by atoms with Crippen LogP contribution in [0.3, 0.4) is 0 Å². The van der Waals surface area contributed by atoms with Crippen molar-refractivity contribution < 1.29 is 0 Å². The van der Waals surface area contributed by atoms with Gasteiger partial charge in [-0.1, -0.05) is 18.2 Å². The third-order valence-electron chi connectivity index (χ3n) is 0.756. The molecule has 1 rings (SSSR count).